The standard InChI is InChI=1S/C33H26/c1-19(2)14-30-25-11-5-4-10-24(25)26-12-7-13-27-29-17-23-16-28-20(3)8-6-9-21(28)15-22(23)18-31(29)33(30)32(26)27/h4-13,15-19H,14H2,1-3H3. The normalized spacial score (nSPS) is 12.5. The zero-order chi connectivity index (χ0) is 22.3. The van der Waals surface area contributed by atoms with Crippen LogP contribution in [0.3, 0.4) is 0 Å². The fourth-order valence-corrected chi connectivity index (χ4v) is 6.12. The van der Waals surface area contributed by atoms with Gasteiger partial charge in [-0.1, -0.05) is 74.5 Å². The number of hydrogen-bond acceptors (Lipinski definition) is 0. The fourth-order valence-electron chi connectivity index (χ4n) is 6.12. The Hall–Kier alpha value is -3.64. The van der Waals surface area contributed by atoms with Gasteiger partial charge in [0.25, 0.3) is 0 Å². The van der Waals surface area contributed by atoms with Gasteiger partial charge in [-0.3, -0.25) is 0 Å². The largest absolute Gasteiger partial charge is 0.0625 e. The molecule has 1 aliphatic rings. The van der Waals surface area contributed by atoms with E-state index in [9.17, 15) is 0 Å². The van der Waals surface area contributed by atoms with Crippen LogP contribution in [0, 0.1) is 12.8 Å². The molecule has 7 rings (SSSR count). The van der Waals surface area contributed by atoms with Gasteiger partial charge in [0.1, 0.15) is 0 Å². The maximum atomic E-state index is 2.46. The highest BCUT2D eigenvalue weighted by Crippen LogP contribution is 2.53. The average Bonchev–Trinajstić information content (AvgIpc) is 3.13. The SMILES string of the molecule is Cc1cccc2cc3cc4c(cc3cc12)-c1cccc2c1c-4c(CC(C)C)c1ccccc12. The van der Waals surface area contributed by atoms with Crippen LogP contribution in [0.1, 0.15) is 25.0 Å². The van der Waals surface area contributed by atoms with Crippen LogP contribution >= 0.6 is 0 Å². The van der Waals surface area contributed by atoms with Crippen molar-refractivity contribution >= 4 is 43.1 Å². The van der Waals surface area contributed by atoms with Gasteiger partial charge in [-0.05, 0) is 120 Å². The topological polar surface area (TPSA) is 0 Å². The number of rotatable bonds is 2. The maximum Gasteiger partial charge on any atom is -0.00171 e. The molecule has 0 saturated carbocycles. The van der Waals surface area contributed by atoms with Gasteiger partial charge >= 0.3 is 0 Å². The van der Waals surface area contributed by atoms with E-state index in [1.807, 2.05) is 0 Å². The Kier molecular flexibility index (Phi) is 3.82. The monoisotopic (exact) mass is 422 g/mol. The molecular weight excluding hydrogens is 396 g/mol. The molecular formula is C33H26. The molecule has 0 bridgehead atoms. The van der Waals surface area contributed by atoms with Gasteiger partial charge in [0.15, 0.2) is 0 Å². The summed E-state index contributed by atoms with van der Waals surface area (Å²) in [5, 5.41) is 10.9. The second-order valence-corrected chi connectivity index (χ2v) is 10.1. The Labute approximate surface area is 194 Å². The third-order valence-electron chi connectivity index (χ3n) is 7.52. The Morgan fingerprint density at radius 3 is 2.15 bits per heavy atom. The van der Waals surface area contributed by atoms with E-state index in [-0.39, 0.29) is 0 Å². The van der Waals surface area contributed by atoms with Crippen molar-refractivity contribution in [3.8, 4) is 22.3 Å². The zero-order valence-electron chi connectivity index (χ0n) is 19.4. The summed E-state index contributed by atoms with van der Waals surface area (Å²) in [7, 11) is 0. The van der Waals surface area contributed by atoms with Crippen LogP contribution < -0.4 is 0 Å². The lowest BCUT2D eigenvalue weighted by atomic mass is 9.86. The highest BCUT2D eigenvalue weighted by atomic mass is 14.3. The first-order chi connectivity index (χ1) is 16.1. The predicted octanol–water partition coefficient (Wildman–Crippen LogP) is 9.45. The molecule has 6 aromatic rings. The Morgan fingerprint density at radius 1 is 0.576 bits per heavy atom. The van der Waals surface area contributed by atoms with Gasteiger partial charge in [-0.15, -0.1) is 0 Å². The molecule has 0 fully saturated rings. The summed E-state index contributed by atoms with van der Waals surface area (Å²) in [5.74, 6) is 0.602. The summed E-state index contributed by atoms with van der Waals surface area (Å²) >= 11 is 0. The first-order valence-electron chi connectivity index (χ1n) is 12.0. The Morgan fingerprint density at radius 2 is 1.30 bits per heavy atom. The van der Waals surface area contributed by atoms with Crippen molar-refractivity contribution in [2.45, 2.75) is 27.2 Å². The van der Waals surface area contributed by atoms with E-state index in [2.05, 4.69) is 106 Å². The van der Waals surface area contributed by atoms with E-state index in [0.29, 0.717) is 5.92 Å². The molecule has 0 spiro atoms. The molecule has 0 saturated heterocycles. The van der Waals surface area contributed by atoms with Crippen molar-refractivity contribution < 1.29 is 0 Å². The maximum absolute atomic E-state index is 2.46. The predicted molar refractivity (Wildman–Crippen MR) is 144 cm³/mol. The van der Waals surface area contributed by atoms with Gasteiger partial charge in [-0.2, -0.15) is 0 Å². The molecule has 158 valence electrons. The lowest BCUT2D eigenvalue weighted by Crippen LogP contribution is -1.98. The van der Waals surface area contributed by atoms with Crippen molar-refractivity contribution in [2.75, 3.05) is 0 Å². The minimum absolute atomic E-state index is 0.602. The highest BCUT2D eigenvalue weighted by molar-refractivity contribution is 6.26. The van der Waals surface area contributed by atoms with Crippen molar-refractivity contribution in [3.05, 3.63) is 96.1 Å². The molecule has 0 heteroatoms. The van der Waals surface area contributed by atoms with Gasteiger partial charge in [0, 0.05) is 0 Å². The second-order valence-electron chi connectivity index (χ2n) is 10.1. The van der Waals surface area contributed by atoms with E-state index >= 15 is 0 Å². The van der Waals surface area contributed by atoms with Crippen LogP contribution in [0.25, 0.3) is 65.3 Å². The Bertz CT molecular complexity index is 1770. The summed E-state index contributed by atoms with van der Waals surface area (Å²) in [6, 6.07) is 32.1. The fraction of sp³-hybridized carbons (Fsp3) is 0.152. The summed E-state index contributed by atoms with van der Waals surface area (Å²) < 4.78 is 0. The molecule has 1 aliphatic carbocycles. The highest BCUT2D eigenvalue weighted by Gasteiger charge is 2.27. The van der Waals surface area contributed by atoms with Gasteiger partial charge in [-0.25, -0.2) is 0 Å². The molecule has 0 nitrogen and oxygen atoms in total. The summed E-state index contributed by atoms with van der Waals surface area (Å²) in [6.07, 6.45) is 1.09. The second kappa shape index (κ2) is 6.68. The van der Waals surface area contributed by atoms with Gasteiger partial charge < -0.3 is 0 Å². The molecule has 0 aromatic heterocycles. The van der Waals surface area contributed by atoms with Crippen molar-refractivity contribution in [1.82, 2.24) is 0 Å². The number of aryl methyl sites for hydroxylation is 1. The third kappa shape index (κ3) is 2.58. The molecule has 0 heterocycles. The van der Waals surface area contributed by atoms with Crippen LogP contribution in [0.15, 0.2) is 84.9 Å². The lowest BCUT2D eigenvalue weighted by Gasteiger charge is -2.17. The van der Waals surface area contributed by atoms with E-state index < -0.39 is 0 Å². The number of hydrogen-bond donors (Lipinski definition) is 0. The number of fused-ring (bicyclic) bond motifs is 7. The van der Waals surface area contributed by atoms with E-state index in [1.54, 1.807) is 0 Å². The van der Waals surface area contributed by atoms with E-state index in [0.717, 1.165) is 6.42 Å². The molecule has 0 atom stereocenters. The first kappa shape index (κ1) is 18.9. The molecule has 0 amide bonds. The average molecular weight is 423 g/mol. The zero-order valence-corrected chi connectivity index (χ0v) is 19.4. The number of benzene rings is 6. The van der Waals surface area contributed by atoms with Crippen molar-refractivity contribution in [1.29, 1.82) is 0 Å². The van der Waals surface area contributed by atoms with Gasteiger partial charge in [0.05, 0.1) is 0 Å². The van der Waals surface area contributed by atoms with Crippen molar-refractivity contribution in [3.63, 3.8) is 0 Å². The molecule has 33 heavy (non-hydrogen) atoms. The van der Waals surface area contributed by atoms with Crippen molar-refractivity contribution in [2.24, 2.45) is 5.92 Å². The summed E-state index contributed by atoms with van der Waals surface area (Å²) in [4.78, 5) is 0. The molecule has 0 unspecified atom stereocenters. The minimum atomic E-state index is 0.602. The molecule has 0 N–H and O–H groups in total. The molecule has 6 aromatic carbocycles. The van der Waals surface area contributed by atoms with E-state index in [1.165, 1.54) is 76.5 Å². The first-order valence-corrected chi connectivity index (χ1v) is 12.0. The van der Waals surface area contributed by atoms with Gasteiger partial charge in [0.2, 0.25) is 0 Å². The molecule has 0 radical (unpaired) electrons. The minimum Gasteiger partial charge on any atom is -0.0625 e. The molecule has 0 aliphatic heterocycles. The van der Waals surface area contributed by atoms with Crippen LogP contribution in [-0.4, -0.2) is 0 Å². The summed E-state index contributed by atoms with van der Waals surface area (Å²) in [5.41, 5.74) is 8.49. The Balaban J connectivity index is 1.66. The smallest absolute Gasteiger partial charge is 0.00171 e. The quantitative estimate of drug-likeness (QED) is 0.192. The van der Waals surface area contributed by atoms with Crippen LogP contribution in [0.2, 0.25) is 0 Å². The van der Waals surface area contributed by atoms with Crippen LogP contribution in [0.5, 0.6) is 0 Å². The third-order valence-corrected chi connectivity index (χ3v) is 7.52. The van der Waals surface area contributed by atoms with Crippen LogP contribution in [-0.2, 0) is 6.42 Å². The van der Waals surface area contributed by atoms with E-state index in [4.69, 9.17) is 0 Å². The lowest BCUT2D eigenvalue weighted by molar-refractivity contribution is 0.651. The summed E-state index contributed by atoms with van der Waals surface area (Å²) in [6.45, 7) is 6.88. The van der Waals surface area contributed by atoms with Crippen LogP contribution in [0.4, 0.5) is 0 Å².